The molecule has 1 nitrogen and oxygen atoms in total. The molecule has 0 saturated carbocycles. The van der Waals surface area contributed by atoms with Crippen molar-refractivity contribution in [3.8, 4) is 16.9 Å². The molecule has 0 saturated heterocycles. The summed E-state index contributed by atoms with van der Waals surface area (Å²) in [4.78, 5) is 0. The van der Waals surface area contributed by atoms with Crippen molar-refractivity contribution in [2.45, 2.75) is 45.1 Å². The van der Waals surface area contributed by atoms with E-state index in [9.17, 15) is 26.3 Å². The number of halogens is 6. The van der Waals surface area contributed by atoms with Gasteiger partial charge in [-0.3, -0.25) is 0 Å². The fourth-order valence-corrected chi connectivity index (χ4v) is 3.69. The fourth-order valence-electron chi connectivity index (χ4n) is 3.69. The third-order valence-electron chi connectivity index (χ3n) is 5.15. The van der Waals surface area contributed by atoms with Gasteiger partial charge in [0.2, 0.25) is 0 Å². The van der Waals surface area contributed by atoms with Crippen LogP contribution in [0, 0.1) is 13.8 Å². The first-order chi connectivity index (χ1) is 14.9. The van der Waals surface area contributed by atoms with Gasteiger partial charge in [-0.25, -0.2) is 0 Å². The smallest absolute Gasteiger partial charge is 0.416 e. The van der Waals surface area contributed by atoms with Crippen LogP contribution in [0.25, 0.3) is 11.1 Å². The number of ether oxygens (including phenoxy) is 1. The zero-order chi connectivity index (χ0) is 23.5. The van der Waals surface area contributed by atoms with E-state index in [1.165, 1.54) is 12.1 Å². The number of benzene rings is 3. The Morgan fingerprint density at radius 3 is 1.84 bits per heavy atom. The first-order valence-electron chi connectivity index (χ1n) is 10.0. The van der Waals surface area contributed by atoms with Crippen LogP contribution in [-0.4, -0.2) is 6.18 Å². The Morgan fingerprint density at radius 2 is 1.34 bits per heavy atom. The molecule has 0 aliphatic heterocycles. The van der Waals surface area contributed by atoms with Gasteiger partial charge in [0.15, 0.2) is 0 Å². The highest BCUT2D eigenvalue weighted by molar-refractivity contribution is 5.72. The standard InChI is InChI=1S/C25H22F6O/c1-16-14-21(32-22(12-13-24(26,27)28)18-6-4-3-5-7-18)15-17(2)23(16)19-8-10-20(11-9-19)25(29,30)31/h3-11,14-15,22H,12-13H2,1-2H3. The molecule has 0 aromatic heterocycles. The second kappa shape index (κ2) is 9.27. The Morgan fingerprint density at radius 1 is 0.781 bits per heavy atom. The summed E-state index contributed by atoms with van der Waals surface area (Å²) in [6, 6.07) is 17.0. The molecule has 3 aromatic carbocycles. The van der Waals surface area contributed by atoms with Gasteiger partial charge in [-0.2, -0.15) is 26.3 Å². The summed E-state index contributed by atoms with van der Waals surface area (Å²) in [7, 11) is 0. The Balaban J connectivity index is 1.88. The lowest BCUT2D eigenvalue weighted by atomic mass is 9.94. The summed E-state index contributed by atoms with van der Waals surface area (Å²) in [5.41, 5.74) is 2.80. The summed E-state index contributed by atoms with van der Waals surface area (Å²) in [5, 5.41) is 0. The van der Waals surface area contributed by atoms with Crippen molar-refractivity contribution in [1.29, 1.82) is 0 Å². The molecule has 0 N–H and O–H groups in total. The number of alkyl halides is 6. The van der Waals surface area contributed by atoms with Crippen LogP contribution in [0.3, 0.4) is 0 Å². The predicted molar refractivity (Wildman–Crippen MR) is 111 cm³/mol. The zero-order valence-corrected chi connectivity index (χ0v) is 17.5. The quantitative estimate of drug-likeness (QED) is 0.341. The summed E-state index contributed by atoms with van der Waals surface area (Å²) in [6.07, 6.45) is -10.7. The monoisotopic (exact) mass is 452 g/mol. The van der Waals surface area contributed by atoms with Crippen LogP contribution < -0.4 is 4.74 Å². The molecular weight excluding hydrogens is 430 g/mol. The van der Waals surface area contributed by atoms with Gasteiger partial charge in [-0.05, 0) is 72.4 Å². The van der Waals surface area contributed by atoms with E-state index in [2.05, 4.69) is 0 Å². The molecule has 3 rings (SSSR count). The largest absolute Gasteiger partial charge is 0.486 e. The van der Waals surface area contributed by atoms with Gasteiger partial charge in [0.05, 0.1) is 5.56 Å². The van der Waals surface area contributed by atoms with Crippen molar-refractivity contribution in [2.24, 2.45) is 0 Å². The van der Waals surface area contributed by atoms with Crippen LogP contribution in [0.4, 0.5) is 26.3 Å². The Kier molecular flexibility index (Phi) is 6.86. The molecule has 32 heavy (non-hydrogen) atoms. The van der Waals surface area contributed by atoms with E-state index >= 15 is 0 Å². The molecule has 0 amide bonds. The average Bonchev–Trinajstić information content (AvgIpc) is 2.70. The van der Waals surface area contributed by atoms with Crippen LogP contribution in [0.1, 0.15) is 41.2 Å². The summed E-state index contributed by atoms with van der Waals surface area (Å²) < 4.78 is 82.9. The molecular formula is C25H22F6O. The first-order valence-corrected chi connectivity index (χ1v) is 10.0. The highest BCUT2D eigenvalue weighted by atomic mass is 19.4. The van der Waals surface area contributed by atoms with Crippen molar-refractivity contribution >= 4 is 0 Å². The minimum atomic E-state index is -4.41. The maximum atomic E-state index is 12.8. The van der Waals surface area contributed by atoms with Gasteiger partial charge in [0, 0.05) is 6.42 Å². The molecule has 1 atom stereocenters. The van der Waals surface area contributed by atoms with E-state index in [1.54, 1.807) is 56.3 Å². The highest BCUT2D eigenvalue weighted by Crippen LogP contribution is 2.36. The molecule has 0 heterocycles. The predicted octanol–water partition coefficient (Wildman–Crippen LogP) is 8.45. The van der Waals surface area contributed by atoms with Gasteiger partial charge < -0.3 is 4.74 Å². The van der Waals surface area contributed by atoms with Crippen LogP contribution in [0.15, 0.2) is 66.7 Å². The Labute approximate surface area is 182 Å². The average molecular weight is 452 g/mol. The van der Waals surface area contributed by atoms with Crippen LogP contribution in [0.5, 0.6) is 5.75 Å². The van der Waals surface area contributed by atoms with E-state index in [-0.39, 0.29) is 6.42 Å². The molecule has 7 heteroatoms. The third kappa shape index (κ3) is 6.05. The minimum Gasteiger partial charge on any atom is -0.486 e. The van der Waals surface area contributed by atoms with Crippen LogP contribution >= 0.6 is 0 Å². The van der Waals surface area contributed by atoms with Crippen molar-refractivity contribution in [3.63, 3.8) is 0 Å². The van der Waals surface area contributed by atoms with Crippen molar-refractivity contribution in [1.82, 2.24) is 0 Å². The first kappa shape index (κ1) is 23.7. The van der Waals surface area contributed by atoms with Crippen molar-refractivity contribution < 1.29 is 31.1 Å². The van der Waals surface area contributed by atoms with Crippen molar-refractivity contribution in [2.75, 3.05) is 0 Å². The Hall–Kier alpha value is -2.96. The lowest BCUT2D eigenvalue weighted by molar-refractivity contribution is -0.139. The number of hydrogen-bond acceptors (Lipinski definition) is 1. The number of aryl methyl sites for hydroxylation is 2. The van der Waals surface area contributed by atoms with E-state index in [0.29, 0.717) is 16.9 Å². The maximum absolute atomic E-state index is 12.8. The second-order valence-corrected chi connectivity index (χ2v) is 7.68. The maximum Gasteiger partial charge on any atom is 0.416 e. The molecule has 3 aromatic rings. The second-order valence-electron chi connectivity index (χ2n) is 7.68. The molecule has 0 spiro atoms. The molecule has 0 aliphatic rings. The highest BCUT2D eigenvalue weighted by Gasteiger charge is 2.31. The molecule has 0 bridgehead atoms. The number of rotatable bonds is 6. The zero-order valence-electron chi connectivity index (χ0n) is 17.5. The van der Waals surface area contributed by atoms with E-state index < -0.39 is 30.4 Å². The van der Waals surface area contributed by atoms with Gasteiger partial charge in [0.25, 0.3) is 0 Å². The minimum absolute atomic E-state index is 0.230. The molecule has 1 unspecified atom stereocenters. The SMILES string of the molecule is Cc1cc(OC(CCC(F)(F)F)c2ccccc2)cc(C)c1-c1ccc(C(F)(F)F)cc1. The Bertz CT molecular complexity index is 1010. The van der Waals surface area contributed by atoms with Gasteiger partial charge >= 0.3 is 12.4 Å². The molecule has 170 valence electrons. The summed E-state index contributed by atoms with van der Waals surface area (Å²) in [6.45, 7) is 3.58. The number of hydrogen-bond donors (Lipinski definition) is 0. The summed E-state index contributed by atoms with van der Waals surface area (Å²) >= 11 is 0. The topological polar surface area (TPSA) is 9.23 Å². The van der Waals surface area contributed by atoms with E-state index in [0.717, 1.165) is 28.8 Å². The van der Waals surface area contributed by atoms with Gasteiger partial charge in [0.1, 0.15) is 11.9 Å². The normalized spacial score (nSPS) is 13.1. The van der Waals surface area contributed by atoms with Crippen LogP contribution in [-0.2, 0) is 6.18 Å². The van der Waals surface area contributed by atoms with Gasteiger partial charge in [-0.15, -0.1) is 0 Å². The van der Waals surface area contributed by atoms with Crippen molar-refractivity contribution in [3.05, 3.63) is 89.0 Å². The fraction of sp³-hybridized carbons (Fsp3) is 0.280. The lowest BCUT2D eigenvalue weighted by Gasteiger charge is -2.22. The van der Waals surface area contributed by atoms with E-state index in [4.69, 9.17) is 4.74 Å². The van der Waals surface area contributed by atoms with Gasteiger partial charge in [-0.1, -0.05) is 42.5 Å². The third-order valence-corrected chi connectivity index (χ3v) is 5.15. The molecule has 0 fully saturated rings. The van der Waals surface area contributed by atoms with Crippen LogP contribution in [0.2, 0.25) is 0 Å². The molecule has 0 radical (unpaired) electrons. The summed E-state index contributed by atoms with van der Waals surface area (Å²) in [5.74, 6) is 0.409. The molecule has 0 aliphatic carbocycles. The van der Waals surface area contributed by atoms with E-state index in [1.807, 2.05) is 0 Å². The lowest BCUT2D eigenvalue weighted by Crippen LogP contribution is -2.14.